The second-order valence-corrected chi connectivity index (χ2v) is 5.77. The molecule has 1 saturated heterocycles. The topological polar surface area (TPSA) is 27.7 Å². The summed E-state index contributed by atoms with van der Waals surface area (Å²) in [7, 11) is 0. The average molecular weight is 332 g/mol. The van der Waals surface area contributed by atoms with E-state index in [1.54, 1.807) is 6.92 Å². The van der Waals surface area contributed by atoms with Gasteiger partial charge in [-0.3, -0.25) is 0 Å². The third-order valence-corrected chi connectivity index (χ3v) is 3.83. The molecular weight excluding hydrogens is 309 g/mol. The highest BCUT2D eigenvalue weighted by Gasteiger charge is 2.36. The normalized spacial score (nSPS) is 24.7. The van der Waals surface area contributed by atoms with E-state index >= 15 is 0 Å². The van der Waals surface area contributed by atoms with Crippen molar-refractivity contribution in [2.45, 2.75) is 51.5 Å². The number of ether oxygens (including phenoxy) is 3. The Hall–Kier alpha value is -1.27. The number of rotatable bonds is 7. The molecule has 1 aliphatic rings. The standard InChI is InChI=1S/C17H23F3O3/c1-3-9-17(20)10-22-14(23-11-17)8-6-12-5-7-13(21-4-2)16(19)15(12)18/h5,7,14H,3-4,6,8-11H2,1-2H3. The highest BCUT2D eigenvalue weighted by molar-refractivity contribution is 5.31. The molecule has 6 heteroatoms. The fourth-order valence-electron chi connectivity index (χ4n) is 2.64. The van der Waals surface area contributed by atoms with Crippen LogP contribution in [0.25, 0.3) is 0 Å². The molecule has 0 radical (unpaired) electrons. The molecule has 0 N–H and O–H groups in total. The predicted molar refractivity (Wildman–Crippen MR) is 80.3 cm³/mol. The molecule has 1 aliphatic heterocycles. The minimum atomic E-state index is -1.44. The lowest BCUT2D eigenvalue weighted by molar-refractivity contribution is -0.236. The molecule has 1 heterocycles. The molecule has 0 aliphatic carbocycles. The molecule has 0 bridgehead atoms. The molecule has 1 aromatic rings. The van der Waals surface area contributed by atoms with Gasteiger partial charge in [0.15, 0.2) is 23.5 Å². The quantitative estimate of drug-likeness (QED) is 0.750. The van der Waals surface area contributed by atoms with Crippen molar-refractivity contribution < 1.29 is 27.4 Å². The van der Waals surface area contributed by atoms with Gasteiger partial charge in [0.1, 0.15) is 0 Å². The molecule has 0 atom stereocenters. The first-order valence-corrected chi connectivity index (χ1v) is 8.01. The zero-order valence-electron chi connectivity index (χ0n) is 13.5. The molecule has 23 heavy (non-hydrogen) atoms. The molecule has 2 rings (SSSR count). The molecule has 0 saturated carbocycles. The van der Waals surface area contributed by atoms with Crippen molar-refractivity contribution in [2.75, 3.05) is 19.8 Å². The molecule has 0 amide bonds. The van der Waals surface area contributed by atoms with E-state index in [1.807, 2.05) is 6.92 Å². The summed E-state index contributed by atoms with van der Waals surface area (Å²) in [5.41, 5.74) is -1.22. The zero-order chi connectivity index (χ0) is 16.9. The van der Waals surface area contributed by atoms with Crippen LogP contribution in [-0.4, -0.2) is 31.8 Å². The Bertz CT molecular complexity index is 514. The Kier molecular flexibility index (Phi) is 6.30. The maximum Gasteiger partial charge on any atom is 0.200 e. The van der Waals surface area contributed by atoms with Crippen molar-refractivity contribution in [1.82, 2.24) is 0 Å². The van der Waals surface area contributed by atoms with Crippen LogP contribution in [0.15, 0.2) is 12.1 Å². The van der Waals surface area contributed by atoms with Crippen molar-refractivity contribution in [3.8, 4) is 5.75 Å². The fourth-order valence-corrected chi connectivity index (χ4v) is 2.64. The number of alkyl halides is 1. The molecule has 3 nitrogen and oxygen atoms in total. The molecular formula is C17H23F3O3. The Morgan fingerprint density at radius 2 is 1.87 bits per heavy atom. The number of halogens is 3. The van der Waals surface area contributed by atoms with E-state index in [0.717, 1.165) is 0 Å². The number of aryl methyl sites for hydroxylation is 1. The van der Waals surface area contributed by atoms with Gasteiger partial charge in [0.2, 0.25) is 5.82 Å². The first-order valence-electron chi connectivity index (χ1n) is 8.01. The Labute approximate surface area is 134 Å². The van der Waals surface area contributed by atoms with Crippen LogP contribution in [0, 0.1) is 11.6 Å². The van der Waals surface area contributed by atoms with E-state index in [-0.39, 0.29) is 37.6 Å². The lowest BCUT2D eigenvalue weighted by Crippen LogP contribution is -2.44. The Morgan fingerprint density at radius 1 is 1.17 bits per heavy atom. The number of hydrogen-bond acceptors (Lipinski definition) is 3. The molecule has 0 spiro atoms. The van der Waals surface area contributed by atoms with Crippen LogP contribution >= 0.6 is 0 Å². The summed E-state index contributed by atoms with van der Waals surface area (Å²) in [5.74, 6) is -2.00. The third kappa shape index (κ3) is 4.61. The average Bonchev–Trinajstić information content (AvgIpc) is 2.53. The number of benzene rings is 1. The van der Waals surface area contributed by atoms with Crippen LogP contribution in [0.1, 0.15) is 38.7 Å². The maximum absolute atomic E-state index is 14.2. The maximum atomic E-state index is 14.2. The first kappa shape index (κ1) is 18.1. The van der Waals surface area contributed by atoms with Gasteiger partial charge in [-0.25, -0.2) is 8.78 Å². The van der Waals surface area contributed by atoms with E-state index in [1.165, 1.54) is 12.1 Å². The van der Waals surface area contributed by atoms with Crippen LogP contribution in [0.2, 0.25) is 0 Å². The highest BCUT2D eigenvalue weighted by Crippen LogP contribution is 2.28. The second-order valence-electron chi connectivity index (χ2n) is 5.77. The lowest BCUT2D eigenvalue weighted by Gasteiger charge is -2.34. The van der Waals surface area contributed by atoms with Crippen molar-refractivity contribution in [3.05, 3.63) is 29.3 Å². The molecule has 1 aromatic carbocycles. The summed E-state index contributed by atoms with van der Waals surface area (Å²) in [5, 5.41) is 0. The van der Waals surface area contributed by atoms with E-state index in [0.29, 0.717) is 19.3 Å². The first-order chi connectivity index (χ1) is 11.0. The molecule has 130 valence electrons. The van der Waals surface area contributed by atoms with E-state index < -0.39 is 23.6 Å². The van der Waals surface area contributed by atoms with Gasteiger partial charge < -0.3 is 14.2 Å². The van der Waals surface area contributed by atoms with Crippen molar-refractivity contribution in [3.63, 3.8) is 0 Å². The van der Waals surface area contributed by atoms with E-state index in [4.69, 9.17) is 14.2 Å². The Morgan fingerprint density at radius 3 is 2.48 bits per heavy atom. The SMILES string of the molecule is CCCC1(F)COC(CCc2ccc(OCC)c(F)c2F)OC1. The van der Waals surface area contributed by atoms with Gasteiger partial charge in [0.25, 0.3) is 0 Å². The molecule has 0 aromatic heterocycles. The smallest absolute Gasteiger partial charge is 0.200 e. The lowest BCUT2D eigenvalue weighted by atomic mass is 10.0. The van der Waals surface area contributed by atoms with Gasteiger partial charge >= 0.3 is 0 Å². The van der Waals surface area contributed by atoms with Crippen molar-refractivity contribution in [2.24, 2.45) is 0 Å². The summed E-state index contributed by atoms with van der Waals surface area (Å²) >= 11 is 0. The largest absolute Gasteiger partial charge is 0.491 e. The highest BCUT2D eigenvalue weighted by atomic mass is 19.2. The summed E-state index contributed by atoms with van der Waals surface area (Å²) in [6, 6.07) is 2.90. The van der Waals surface area contributed by atoms with Crippen LogP contribution in [0.3, 0.4) is 0 Å². The Balaban J connectivity index is 1.89. The monoisotopic (exact) mass is 332 g/mol. The van der Waals surface area contributed by atoms with Crippen LogP contribution in [-0.2, 0) is 15.9 Å². The summed E-state index contributed by atoms with van der Waals surface area (Å²) in [6.45, 7) is 3.82. The van der Waals surface area contributed by atoms with E-state index in [9.17, 15) is 13.2 Å². The number of hydrogen-bond donors (Lipinski definition) is 0. The molecule has 0 unspecified atom stereocenters. The fraction of sp³-hybridized carbons (Fsp3) is 0.647. The summed E-state index contributed by atoms with van der Waals surface area (Å²) in [6.07, 6.45) is 1.09. The van der Waals surface area contributed by atoms with Gasteiger partial charge in [-0.1, -0.05) is 19.4 Å². The second kappa shape index (κ2) is 8.02. The minimum absolute atomic E-state index is 0.0222. The van der Waals surface area contributed by atoms with Gasteiger partial charge in [0.05, 0.1) is 19.8 Å². The van der Waals surface area contributed by atoms with Crippen molar-refractivity contribution in [1.29, 1.82) is 0 Å². The third-order valence-electron chi connectivity index (χ3n) is 3.83. The van der Waals surface area contributed by atoms with Crippen LogP contribution in [0.4, 0.5) is 13.2 Å². The van der Waals surface area contributed by atoms with Crippen LogP contribution in [0.5, 0.6) is 5.75 Å². The van der Waals surface area contributed by atoms with Crippen molar-refractivity contribution >= 4 is 0 Å². The minimum Gasteiger partial charge on any atom is -0.491 e. The van der Waals surface area contributed by atoms with Gasteiger partial charge in [-0.15, -0.1) is 0 Å². The van der Waals surface area contributed by atoms with E-state index in [2.05, 4.69) is 0 Å². The van der Waals surface area contributed by atoms with Gasteiger partial charge in [-0.2, -0.15) is 4.39 Å². The summed E-state index contributed by atoms with van der Waals surface area (Å²) < 4.78 is 57.7. The molecule has 1 fully saturated rings. The van der Waals surface area contributed by atoms with Gasteiger partial charge in [-0.05, 0) is 31.4 Å². The summed E-state index contributed by atoms with van der Waals surface area (Å²) in [4.78, 5) is 0. The van der Waals surface area contributed by atoms with Crippen LogP contribution < -0.4 is 4.74 Å². The zero-order valence-corrected chi connectivity index (χ0v) is 13.5. The van der Waals surface area contributed by atoms with Gasteiger partial charge in [0, 0.05) is 6.42 Å². The predicted octanol–water partition coefficient (Wildman–Crippen LogP) is 4.18.